The molecule has 1 heterocycles. The number of amides is 1. The van der Waals surface area contributed by atoms with Crippen LogP contribution in [0.5, 0.6) is 5.75 Å². The van der Waals surface area contributed by atoms with E-state index >= 15 is 0 Å². The summed E-state index contributed by atoms with van der Waals surface area (Å²) >= 11 is 0. The van der Waals surface area contributed by atoms with Gasteiger partial charge >= 0.3 is 6.36 Å². The number of nitrogens with one attached hydrogen (secondary N) is 1. The minimum atomic E-state index is -4.76. The van der Waals surface area contributed by atoms with Crippen LogP contribution in [0.1, 0.15) is 6.92 Å². The third kappa shape index (κ3) is 4.99. The predicted octanol–water partition coefficient (Wildman–Crippen LogP) is 3.58. The number of nitrogen functional groups attached to an aromatic ring is 1. The number of hydrogen-bond acceptors (Lipinski definition) is 5. The van der Waals surface area contributed by atoms with Gasteiger partial charge < -0.3 is 25.6 Å². The van der Waals surface area contributed by atoms with E-state index in [1.54, 1.807) is 6.92 Å². The molecule has 0 saturated carbocycles. The summed E-state index contributed by atoms with van der Waals surface area (Å²) in [6.45, 7) is 4.36. The number of piperazine rings is 1. The van der Waals surface area contributed by atoms with Crippen LogP contribution in [0.15, 0.2) is 42.5 Å². The molecule has 0 spiro atoms. The minimum Gasteiger partial charge on any atom is -0.406 e. The zero-order valence-electron chi connectivity index (χ0n) is 15.3. The molecule has 2 aromatic rings. The third-order valence-electron chi connectivity index (χ3n) is 4.47. The summed E-state index contributed by atoms with van der Waals surface area (Å²) in [6.07, 6.45) is -4.76. The smallest absolute Gasteiger partial charge is 0.406 e. The van der Waals surface area contributed by atoms with Gasteiger partial charge in [0.2, 0.25) is 5.91 Å². The van der Waals surface area contributed by atoms with Gasteiger partial charge in [-0.05, 0) is 30.3 Å². The Morgan fingerprint density at radius 1 is 1.11 bits per heavy atom. The van der Waals surface area contributed by atoms with Gasteiger partial charge in [-0.2, -0.15) is 0 Å². The summed E-state index contributed by atoms with van der Waals surface area (Å²) in [6, 6.07) is 11.4. The molecule has 1 amide bonds. The Morgan fingerprint density at radius 2 is 1.82 bits per heavy atom. The van der Waals surface area contributed by atoms with Gasteiger partial charge in [-0.15, -0.1) is 13.2 Å². The van der Waals surface area contributed by atoms with E-state index in [0.29, 0.717) is 18.8 Å². The zero-order valence-corrected chi connectivity index (χ0v) is 15.3. The molecule has 0 radical (unpaired) electrons. The number of benzene rings is 2. The summed E-state index contributed by atoms with van der Waals surface area (Å²) in [7, 11) is 0. The van der Waals surface area contributed by atoms with E-state index in [4.69, 9.17) is 5.73 Å². The van der Waals surface area contributed by atoms with Crippen molar-refractivity contribution in [2.45, 2.75) is 13.3 Å². The molecule has 1 aliphatic rings. The van der Waals surface area contributed by atoms with Crippen molar-refractivity contribution in [3.05, 3.63) is 42.5 Å². The Morgan fingerprint density at radius 3 is 2.43 bits per heavy atom. The van der Waals surface area contributed by atoms with Crippen LogP contribution >= 0.6 is 0 Å². The molecule has 3 rings (SSSR count). The molecule has 3 N–H and O–H groups in total. The summed E-state index contributed by atoms with van der Waals surface area (Å²) in [5.74, 6) is -0.295. The first-order valence-electron chi connectivity index (χ1n) is 8.74. The monoisotopic (exact) mass is 394 g/mol. The normalized spacial score (nSPS) is 14.7. The van der Waals surface area contributed by atoms with Crippen LogP contribution in [0, 0.1) is 0 Å². The SMILES string of the molecule is CC(=O)N1CCN(c2cccc(Nc3ccc(OC(F)(F)F)cc3N)c2)CC1. The van der Waals surface area contributed by atoms with Crippen molar-refractivity contribution in [2.24, 2.45) is 0 Å². The van der Waals surface area contributed by atoms with Gasteiger partial charge in [0, 0.05) is 50.5 Å². The van der Waals surface area contributed by atoms with Crippen LogP contribution in [0.2, 0.25) is 0 Å². The first-order valence-corrected chi connectivity index (χ1v) is 8.74. The lowest BCUT2D eigenvalue weighted by molar-refractivity contribution is -0.274. The first kappa shape index (κ1) is 19.7. The molecule has 0 atom stereocenters. The maximum atomic E-state index is 12.3. The number of carbonyl (C=O) groups is 1. The van der Waals surface area contributed by atoms with Crippen molar-refractivity contribution in [3.8, 4) is 5.75 Å². The van der Waals surface area contributed by atoms with Crippen LogP contribution in [0.3, 0.4) is 0 Å². The fourth-order valence-electron chi connectivity index (χ4n) is 3.07. The van der Waals surface area contributed by atoms with Gasteiger partial charge in [0.05, 0.1) is 11.4 Å². The molecule has 1 aliphatic heterocycles. The van der Waals surface area contributed by atoms with Crippen molar-refractivity contribution in [2.75, 3.05) is 42.1 Å². The number of hydrogen-bond donors (Lipinski definition) is 2. The Bertz CT molecular complexity index is 849. The van der Waals surface area contributed by atoms with Crippen LogP contribution in [0.4, 0.5) is 35.9 Å². The number of anilines is 4. The Kier molecular flexibility index (Phi) is 5.53. The van der Waals surface area contributed by atoms with Gasteiger partial charge in [-0.25, -0.2) is 0 Å². The lowest BCUT2D eigenvalue weighted by Crippen LogP contribution is -2.48. The number of alkyl halides is 3. The second kappa shape index (κ2) is 7.87. The molecule has 28 heavy (non-hydrogen) atoms. The van der Waals surface area contributed by atoms with E-state index < -0.39 is 6.36 Å². The molecule has 0 aromatic heterocycles. The average molecular weight is 394 g/mol. The summed E-state index contributed by atoms with van der Waals surface area (Å²) in [5, 5.41) is 3.12. The Balaban J connectivity index is 1.69. The number of nitrogens with zero attached hydrogens (tertiary/aromatic N) is 2. The Hall–Kier alpha value is -3.10. The third-order valence-corrected chi connectivity index (χ3v) is 4.47. The number of nitrogens with two attached hydrogens (primary N) is 1. The molecule has 9 heteroatoms. The first-order chi connectivity index (χ1) is 13.2. The van der Waals surface area contributed by atoms with E-state index in [1.165, 1.54) is 12.1 Å². The van der Waals surface area contributed by atoms with E-state index in [0.717, 1.165) is 30.5 Å². The predicted molar refractivity (Wildman–Crippen MR) is 102 cm³/mol. The maximum absolute atomic E-state index is 12.3. The van der Waals surface area contributed by atoms with Crippen LogP contribution in [-0.2, 0) is 4.79 Å². The summed E-state index contributed by atoms with van der Waals surface area (Å²) in [4.78, 5) is 15.4. The topological polar surface area (TPSA) is 70.8 Å². The van der Waals surface area contributed by atoms with Crippen molar-refractivity contribution in [3.63, 3.8) is 0 Å². The zero-order chi connectivity index (χ0) is 20.3. The van der Waals surface area contributed by atoms with E-state index in [9.17, 15) is 18.0 Å². The van der Waals surface area contributed by atoms with Gasteiger partial charge in [-0.1, -0.05) is 6.07 Å². The lowest BCUT2D eigenvalue weighted by atomic mass is 10.2. The number of ether oxygens (including phenoxy) is 1. The highest BCUT2D eigenvalue weighted by Crippen LogP contribution is 2.31. The molecule has 1 fully saturated rings. The molecule has 2 aromatic carbocycles. The van der Waals surface area contributed by atoms with E-state index in [1.807, 2.05) is 29.2 Å². The van der Waals surface area contributed by atoms with E-state index in [-0.39, 0.29) is 17.3 Å². The summed E-state index contributed by atoms with van der Waals surface area (Å²) < 4.78 is 40.8. The number of rotatable bonds is 4. The van der Waals surface area contributed by atoms with Crippen molar-refractivity contribution in [1.29, 1.82) is 0 Å². The molecule has 0 aliphatic carbocycles. The highest BCUT2D eigenvalue weighted by atomic mass is 19.4. The minimum absolute atomic E-state index is 0.0727. The van der Waals surface area contributed by atoms with Crippen LogP contribution in [-0.4, -0.2) is 43.3 Å². The van der Waals surface area contributed by atoms with Gasteiger partial charge in [0.15, 0.2) is 0 Å². The summed E-state index contributed by atoms with van der Waals surface area (Å²) in [5.41, 5.74) is 8.22. The number of carbonyl (C=O) groups excluding carboxylic acids is 1. The molecule has 6 nitrogen and oxygen atoms in total. The van der Waals surface area contributed by atoms with Gasteiger partial charge in [-0.3, -0.25) is 4.79 Å². The van der Waals surface area contributed by atoms with Crippen molar-refractivity contribution in [1.82, 2.24) is 4.90 Å². The number of halogens is 3. The molecule has 0 bridgehead atoms. The van der Waals surface area contributed by atoms with Crippen molar-refractivity contribution >= 4 is 28.7 Å². The highest BCUT2D eigenvalue weighted by Gasteiger charge is 2.31. The fourth-order valence-corrected chi connectivity index (χ4v) is 3.07. The lowest BCUT2D eigenvalue weighted by Gasteiger charge is -2.35. The molecule has 150 valence electrons. The van der Waals surface area contributed by atoms with Crippen molar-refractivity contribution < 1.29 is 22.7 Å². The second-order valence-corrected chi connectivity index (χ2v) is 6.47. The molecule has 1 saturated heterocycles. The van der Waals surface area contributed by atoms with Gasteiger partial charge in [0.1, 0.15) is 5.75 Å². The average Bonchev–Trinajstić information content (AvgIpc) is 2.63. The van der Waals surface area contributed by atoms with Crippen LogP contribution in [0.25, 0.3) is 0 Å². The fraction of sp³-hybridized carbons (Fsp3) is 0.316. The Labute approximate surface area is 160 Å². The largest absolute Gasteiger partial charge is 0.573 e. The molecular formula is C19H21F3N4O2. The van der Waals surface area contributed by atoms with Crippen LogP contribution < -0.4 is 20.7 Å². The van der Waals surface area contributed by atoms with E-state index in [2.05, 4.69) is 15.0 Å². The maximum Gasteiger partial charge on any atom is 0.573 e. The second-order valence-electron chi connectivity index (χ2n) is 6.47. The quantitative estimate of drug-likeness (QED) is 0.776. The molecular weight excluding hydrogens is 373 g/mol. The standard InChI is InChI=1S/C19H21F3N4O2/c1-13(27)25-7-9-26(10-8-25)15-4-2-3-14(11-15)24-18-6-5-16(12-17(18)23)28-19(20,21)22/h2-6,11-12,24H,7-10,23H2,1H3. The van der Waals surface area contributed by atoms with Gasteiger partial charge in [0.25, 0.3) is 0 Å². The highest BCUT2D eigenvalue weighted by molar-refractivity contribution is 5.76. The molecule has 0 unspecified atom stereocenters.